The van der Waals surface area contributed by atoms with Gasteiger partial charge in [0.15, 0.2) is 0 Å². The van der Waals surface area contributed by atoms with E-state index in [1.807, 2.05) is 19.1 Å². The summed E-state index contributed by atoms with van der Waals surface area (Å²) in [5.41, 5.74) is 7.09. The van der Waals surface area contributed by atoms with E-state index in [4.69, 9.17) is 48.1 Å². The van der Waals surface area contributed by atoms with E-state index in [1.165, 1.54) is 0 Å². The van der Waals surface area contributed by atoms with Gasteiger partial charge in [-0.05, 0) is 32.5 Å². The van der Waals surface area contributed by atoms with Crippen LogP contribution in [0.5, 0.6) is 11.5 Å². The maximum atomic E-state index is 6.65. The van der Waals surface area contributed by atoms with Crippen LogP contribution in [-0.4, -0.2) is 93.5 Å². The van der Waals surface area contributed by atoms with Crippen LogP contribution in [0.3, 0.4) is 0 Å². The number of likely N-dealkylation sites (N-methyl/N-ethyl adjacent to an activating group) is 1. The molecule has 2 aromatic heterocycles. The molecule has 3 N–H and O–H groups in total. The average molecular weight is 580 g/mol. The molecule has 214 valence electrons. The first-order valence-corrected chi connectivity index (χ1v) is 14.0. The predicted molar refractivity (Wildman–Crippen MR) is 162 cm³/mol. The molecule has 1 fully saturated rings. The van der Waals surface area contributed by atoms with E-state index in [2.05, 4.69) is 34.1 Å². The number of nitrogens with one attached hydrogen (secondary N) is 1. The number of fused-ring (bicyclic) bond motifs is 1. The van der Waals surface area contributed by atoms with Gasteiger partial charge in [-0.2, -0.15) is 0 Å². The minimum atomic E-state index is 0.363. The number of aromatic nitrogens is 2. The number of ether oxygens (including phenoxy) is 3. The van der Waals surface area contributed by atoms with Crippen LogP contribution < -0.4 is 20.5 Å². The lowest BCUT2D eigenvalue weighted by atomic mass is 10.1. The fourth-order valence-electron chi connectivity index (χ4n) is 4.23. The molecule has 3 heterocycles. The van der Waals surface area contributed by atoms with Crippen molar-refractivity contribution in [1.82, 2.24) is 19.8 Å². The number of halogens is 2. The van der Waals surface area contributed by atoms with E-state index in [1.54, 1.807) is 26.5 Å². The Labute approximate surface area is 241 Å². The first-order valence-electron chi connectivity index (χ1n) is 13.2. The monoisotopic (exact) mass is 578 g/mol. The molecule has 0 atom stereocenters. The number of nitrogens with zero attached hydrogens (tertiary/aromatic N) is 4. The average Bonchev–Trinajstić information content (AvgIpc) is 2.94. The van der Waals surface area contributed by atoms with Crippen molar-refractivity contribution in [3.8, 4) is 22.8 Å². The highest BCUT2D eigenvalue weighted by Crippen LogP contribution is 2.46. The number of hydrogen-bond donors (Lipinski definition) is 2. The van der Waals surface area contributed by atoms with E-state index in [0.717, 1.165) is 69.7 Å². The number of methoxy groups -OCH3 is 2. The van der Waals surface area contributed by atoms with E-state index in [0.29, 0.717) is 44.4 Å². The highest BCUT2D eigenvalue weighted by Gasteiger charge is 2.21. The number of pyridine rings is 2. The molecule has 0 saturated carbocycles. The molecule has 1 saturated heterocycles. The topological polar surface area (TPSA) is 98.0 Å². The zero-order valence-electron chi connectivity index (χ0n) is 23.5. The fourth-order valence-corrected chi connectivity index (χ4v) is 4.92. The number of rotatable bonds is 10. The second-order valence-electron chi connectivity index (χ2n) is 9.24. The molecule has 0 amide bonds. The summed E-state index contributed by atoms with van der Waals surface area (Å²) >= 11 is 13.3. The molecule has 1 aliphatic rings. The SMILES string of the molecule is CCCOCC.COc1cc(OC)c(Cl)c(-c2cc3cnc(N)cc3c(NCCN3CCN(C)CC3)n2)c1Cl. The number of hydrogen-bond acceptors (Lipinski definition) is 9. The van der Waals surface area contributed by atoms with Crippen molar-refractivity contribution >= 4 is 45.6 Å². The van der Waals surface area contributed by atoms with Gasteiger partial charge in [-0.3, -0.25) is 4.90 Å². The van der Waals surface area contributed by atoms with Crippen molar-refractivity contribution in [3.05, 3.63) is 34.4 Å². The third-order valence-corrected chi connectivity index (χ3v) is 7.18. The summed E-state index contributed by atoms with van der Waals surface area (Å²) < 4.78 is 15.8. The van der Waals surface area contributed by atoms with Crippen LogP contribution in [0, 0.1) is 0 Å². The molecular formula is C28H40Cl2N6O3. The molecular weight excluding hydrogens is 539 g/mol. The second-order valence-corrected chi connectivity index (χ2v) is 10.00. The smallest absolute Gasteiger partial charge is 0.141 e. The first kappa shape index (κ1) is 31.0. The van der Waals surface area contributed by atoms with Crippen LogP contribution in [0.25, 0.3) is 22.0 Å². The van der Waals surface area contributed by atoms with Crippen molar-refractivity contribution in [2.75, 3.05) is 84.8 Å². The van der Waals surface area contributed by atoms with Gasteiger partial charge in [0.05, 0.1) is 30.0 Å². The highest BCUT2D eigenvalue weighted by atomic mass is 35.5. The molecule has 0 aliphatic carbocycles. The Kier molecular flexibility index (Phi) is 12.1. The molecule has 1 aliphatic heterocycles. The van der Waals surface area contributed by atoms with Gasteiger partial charge in [-0.1, -0.05) is 30.1 Å². The molecule has 1 aromatic carbocycles. The van der Waals surface area contributed by atoms with Crippen LogP contribution in [0.2, 0.25) is 10.0 Å². The zero-order chi connectivity index (χ0) is 28.4. The standard InChI is InChI=1S/C23H28Cl2N6O2.C5H12O/c1-30-6-8-31(9-7-30)5-4-27-23-15-11-19(26)28-13-14(15)10-16(29-23)20-21(24)17(32-2)12-18(33-3)22(20)25;1-3-5-6-4-2/h10-13H,4-9H2,1-3H3,(H2,26,28)(H,27,29);3-5H2,1-2H3. The number of anilines is 2. The van der Waals surface area contributed by atoms with Crippen LogP contribution in [0.4, 0.5) is 11.6 Å². The van der Waals surface area contributed by atoms with E-state index >= 15 is 0 Å². The predicted octanol–water partition coefficient (Wildman–Crippen LogP) is 5.30. The lowest BCUT2D eigenvalue weighted by Gasteiger charge is -2.32. The second kappa shape index (κ2) is 15.3. The Morgan fingerprint density at radius 3 is 2.23 bits per heavy atom. The van der Waals surface area contributed by atoms with Gasteiger partial charge in [0.2, 0.25) is 0 Å². The molecule has 3 aromatic rings. The summed E-state index contributed by atoms with van der Waals surface area (Å²) in [5, 5.41) is 5.95. The van der Waals surface area contributed by atoms with Crippen molar-refractivity contribution in [3.63, 3.8) is 0 Å². The van der Waals surface area contributed by atoms with Gasteiger partial charge in [-0.25, -0.2) is 9.97 Å². The molecule has 39 heavy (non-hydrogen) atoms. The Hall–Kier alpha value is -2.56. The Morgan fingerprint density at radius 1 is 1.00 bits per heavy atom. The maximum absolute atomic E-state index is 6.65. The third kappa shape index (κ3) is 8.22. The molecule has 0 spiro atoms. The van der Waals surface area contributed by atoms with Gasteiger partial charge >= 0.3 is 0 Å². The minimum absolute atomic E-state index is 0.363. The van der Waals surface area contributed by atoms with E-state index in [9.17, 15) is 0 Å². The lowest BCUT2D eigenvalue weighted by molar-refractivity contribution is 0.148. The largest absolute Gasteiger partial charge is 0.495 e. The summed E-state index contributed by atoms with van der Waals surface area (Å²) in [6.07, 6.45) is 2.86. The molecule has 4 rings (SSSR count). The van der Waals surface area contributed by atoms with E-state index < -0.39 is 0 Å². The quantitative estimate of drug-likeness (QED) is 0.310. The van der Waals surface area contributed by atoms with Crippen LogP contribution in [0.15, 0.2) is 24.4 Å². The highest BCUT2D eigenvalue weighted by molar-refractivity contribution is 6.41. The summed E-state index contributed by atoms with van der Waals surface area (Å²) in [6.45, 7) is 11.8. The lowest BCUT2D eigenvalue weighted by Crippen LogP contribution is -2.45. The number of nitrogens with two attached hydrogens (primary N) is 1. The van der Waals surface area contributed by atoms with Gasteiger partial charge < -0.3 is 30.2 Å². The van der Waals surface area contributed by atoms with Gasteiger partial charge in [0, 0.05) is 81.1 Å². The zero-order valence-corrected chi connectivity index (χ0v) is 25.0. The van der Waals surface area contributed by atoms with Gasteiger partial charge in [-0.15, -0.1) is 0 Å². The van der Waals surface area contributed by atoms with Gasteiger partial charge in [0.25, 0.3) is 0 Å². The van der Waals surface area contributed by atoms with Crippen molar-refractivity contribution in [1.29, 1.82) is 0 Å². The Bertz CT molecular complexity index is 1190. The van der Waals surface area contributed by atoms with E-state index in [-0.39, 0.29) is 0 Å². The summed E-state index contributed by atoms with van der Waals surface area (Å²) in [4.78, 5) is 13.9. The van der Waals surface area contributed by atoms with Crippen molar-refractivity contribution in [2.45, 2.75) is 20.3 Å². The summed E-state index contributed by atoms with van der Waals surface area (Å²) in [5.74, 6) is 2.03. The van der Waals surface area contributed by atoms with Crippen molar-refractivity contribution < 1.29 is 14.2 Å². The maximum Gasteiger partial charge on any atom is 0.141 e. The fraction of sp³-hybridized carbons (Fsp3) is 0.500. The number of piperazine rings is 1. The molecule has 0 unspecified atom stereocenters. The first-order chi connectivity index (χ1) is 18.8. The van der Waals surface area contributed by atoms with Gasteiger partial charge in [0.1, 0.15) is 23.1 Å². The van der Waals surface area contributed by atoms with Crippen LogP contribution in [0.1, 0.15) is 20.3 Å². The normalized spacial score (nSPS) is 14.1. The molecule has 11 heteroatoms. The van der Waals surface area contributed by atoms with Crippen LogP contribution in [-0.2, 0) is 4.74 Å². The molecule has 0 radical (unpaired) electrons. The minimum Gasteiger partial charge on any atom is -0.495 e. The molecule has 9 nitrogen and oxygen atoms in total. The van der Waals surface area contributed by atoms with Crippen molar-refractivity contribution in [2.24, 2.45) is 0 Å². The number of nitrogen functional groups attached to an aromatic ring is 1. The summed E-state index contributed by atoms with van der Waals surface area (Å²) in [7, 11) is 5.24. The Morgan fingerprint density at radius 2 is 1.67 bits per heavy atom. The third-order valence-electron chi connectivity index (χ3n) is 6.43. The summed E-state index contributed by atoms with van der Waals surface area (Å²) in [6, 6.07) is 5.37. The number of benzene rings is 1. The van der Waals surface area contributed by atoms with Crippen LogP contribution >= 0.6 is 23.2 Å². The Balaban J connectivity index is 0.000000631. The molecule has 0 bridgehead atoms.